The first-order valence-electron chi connectivity index (χ1n) is 5.19. The number of aromatic nitrogens is 2. The summed E-state index contributed by atoms with van der Waals surface area (Å²) in [5.74, 6) is 0. The van der Waals surface area contributed by atoms with Crippen LogP contribution in [0, 0.1) is 0 Å². The van der Waals surface area contributed by atoms with Crippen molar-refractivity contribution in [3.05, 3.63) is 36.7 Å². The molecule has 7 heteroatoms. The second-order valence-corrected chi connectivity index (χ2v) is 6.03. The van der Waals surface area contributed by atoms with Gasteiger partial charge in [0.05, 0.1) is 22.4 Å². The van der Waals surface area contributed by atoms with Crippen molar-refractivity contribution in [1.29, 1.82) is 0 Å². The van der Waals surface area contributed by atoms with Crippen molar-refractivity contribution < 1.29 is 15.9 Å². The quantitative estimate of drug-likeness (QED) is 0.268. The van der Waals surface area contributed by atoms with E-state index in [2.05, 4.69) is 9.97 Å². The zero-order valence-electron chi connectivity index (χ0n) is 9.59. The Morgan fingerprint density at radius 2 is 1.21 bits per heavy atom. The number of nitrogen functional groups attached to an aromatic ring is 2. The number of nitrogens with two attached hydrogens (primary N) is 2. The molecule has 0 saturated carbocycles. The molecule has 0 amide bonds. The van der Waals surface area contributed by atoms with Gasteiger partial charge in [0, 0.05) is 23.2 Å². The van der Waals surface area contributed by atoms with Gasteiger partial charge < -0.3 is 11.5 Å². The van der Waals surface area contributed by atoms with Crippen molar-refractivity contribution in [2.24, 2.45) is 0 Å². The predicted octanol–water partition coefficient (Wildman–Crippen LogP) is 3.32. The van der Waals surface area contributed by atoms with Gasteiger partial charge in [0.1, 0.15) is 0 Å². The summed E-state index contributed by atoms with van der Waals surface area (Å²) in [7, 11) is 9.63. The van der Waals surface area contributed by atoms with Gasteiger partial charge in [-0.25, -0.2) is 0 Å². The summed E-state index contributed by atoms with van der Waals surface area (Å²) in [6.07, 6.45) is 3.46. The third-order valence-corrected chi connectivity index (χ3v) is 2.71. The second-order valence-electron chi connectivity index (χ2n) is 3.67. The third-order valence-electron chi connectivity index (χ3n) is 2.71. The molecule has 3 aromatic rings. The molecule has 0 radical (unpaired) electrons. The zero-order chi connectivity index (χ0) is 13.8. The van der Waals surface area contributed by atoms with Crippen LogP contribution in [0.15, 0.2) is 36.7 Å². The first kappa shape index (κ1) is 14.3. The van der Waals surface area contributed by atoms with Gasteiger partial charge in [-0.15, -0.1) is 0 Å². The fourth-order valence-corrected chi connectivity index (χ4v) is 1.91. The van der Waals surface area contributed by atoms with Crippen molar-refractivity contribution in [3.63, 3.8) is 0 Å². The number of hydrogen-bond donors (Lipinski definition) is 2. The number of rotatable bonds is 0. The average molecular weight is 388 g/mol. The molecule has 0 aliphatic carbocycles. The Morgan fingerprint density at radius 1 is 0.842 bits per heavy atom. The van der Waals surface area contributed by atoms with Crippen LogP contribution >= 0.6 is 19.1 Å². The molecule has 4 N–H and O–H groups in total. The normalized spacial score (nSPS) is 10.4. The van der Waals surface area contributed by atoms with Crippen molar-refractivity contribution in [3.8, 4) is 0 Å². The van der Waals surface area contributed by atoms with Crippen LogP contribution in [0.4, 0.5) is 11.4 Å². The Bertz CT molecular complexity index is 660. The van der Waals surface area contributed by atoms with Gasteiger partial charge >= 0.3 is 35.0 Å². The number of fused-ring (bicyclic) bond motifs is 3. The van der Waals surface area contributed by atoms with E-state index >= 15 is 0 Å². The minimum atomic E-state index is -0.106. The Balaban J connectivity index is 0.000000408. The fraction of sp³-hybridized carbons (Fsp3) is 0. The summed E-state index contributed by atoms with van der Waals surface area (Å²) >= 11 is -0.106. The molecular formula is C12H10Cl2N4Pd. The molecule has 102 valence electrons. The van der Waals surface area contributed by atoms with Gasteiger partial charge in [0.25, 0.3) is 0 Å². The van der Waals surface area contributed by atoms with Crippen molar-refractivity contribution in [2.75, 3.05) is 11.5 Å². The van der Waals surface area contributed by atoms with Gasteiger partial charge in [0.2, 0.25) is 0 Å². The molecule has 1 aromatic carbocycles. The monoisotopic (exact) mass is 386 g/mol. The van der Waals surface area contributed by atoms with E-state index in [9.17, 15) is 0 Å². The van der Waals surface area contributed by atoms with E-state index in [1.165, 1.54) is 0 Å². The second kappa shape index (κ2) is 6.36. The molecule has 4 nitrogen and oxygen atoms in total. The predicted molar refractivity (Wildman–Crippen MR) is 77.6 cm³/mol. The summed E-state index contributed by atoms with van der Waals surface area (Å²) in [6.45, 7) is 0. The molecule has 19 heavy (non-hydrogen) atoms. The van der Waals surface area contributed by atoms with Gasteiger partial charge in [0.15, 0.2) is 0 Å². The summed E-state index contributed by atoms with van der Waals surface area (Å²) in [6, 6.07) is 7.49. The fourth-order valence-electron chi connectivity index (χ4n) is 1.91. The van der Waals surface area contributed by atoms with Crippen LogP contribution < -0.4 is 11.5 Å². The minimum absolute atomic E-state index is 0.106. The van der Waals surface area contributed by atoms with Crippen LogP contribution in [0.1, 0.15) is 0 Å². The van der Waals surface area contributed by atoms with Crippen LogP contribution in [0.25, 0.3) is 21.8 Å². The standard InChI is InChI=1S/C12H10N4.2ClH.Pd/c13-9-7-3-1-5-15-11(7)12-8(10(9)14)4-2-6-16-12;;;/h1-6H,13-14H2;2*1H;/q;;;+2/p-2. The van der Waals surface area contributed by atoms with Gasteiger partial charge in [-0.3, -0.25) is 9.97 Å². The van der Waals surface area contributed by atoms with Crippen LogP contribution in [0.3, 0.4) is 0 Å². The maximum atomic E-state index is 5.99. The van der Waals surface area contributed by atoms with E-state index in [1.54, 1.807) is 12.4 Å². The van der Waals surface area contributed by atoms with E-state index in [-0.39, 0.29) is 15.9 Å². The number of nitrogens with zero attached hydrogens (tertiary/aromatic N) is 2. The van der Waals surface area contributed by atoms with Crippen LogP contribution in [0.2, 0.25) is 0 Å². The number of anilines is 2. The maximum absolute atomic E-state index is 5.99. The Kier molecular flexibility index (Phi) is 4.78. The summed E-state index contributed by atoms with van der Waals surface area (Å²) < 4.78 is 0. The molecule has 0 fully saturated rings. The van der Waals surface area contributed by atoms with E-state index in [1.807, 2.05) is 24.3 Å². The van der Waals surface area contributed by atoms with Crippen LogP contribution in [-0.2, 0) is 15.9 Å². The zero-order valence-corrected chi connectivity index (χ0v) is 12.7. The van der Waals surface area contributed by atoms with Gasteiger partial charge in [-0.1, -0.05) is 0 Å². The molecule has 0 saturated heterocycles. The van der Waals surface area contributed by atoms with E-state index in [0.717, 1.165) is 21.8 Å². The molecule has 3 rings (SSSR count). The Hall–Kier alpha value is -1.12. The van der Waals surface area contributed by atoms with E-state index in [0.29, 0.717) is 11.4 Å². The van der Waals surface area contributed by atoms with Crippen molar-refractivity contribution >= 4 is 52.2 Å². The first-order valence-corrected chi connectivity index (χ1v) is 9.19. The number of pyridine rings is 2. The number of hydrogen-bond acceptors (Lipinski definition) is 4. The van der Waals surface area contributed by atoms with Crippen molar-refractivity contribution in [2.45, 2.75) is 0 Å². The molecule has 2 heterocycles. The van der Waals surface area contributed by atoms with Crippen LogP contribution in [-0.4, -0.2) is 9.97 Å². The summed E-state index contributed by atoms with van der Waals surface area (Å²) in [5.41, 5.74) is 14.7. The average Bonchev–Trinajstić information content (AvgIpc) is 2.46. The molecule has 0 unspecified atom stereocenters. The molecule has 0 aliphatic rings. The number of benzene rings is 1. The van der Waals surface area contributed by atoms with Crippen LogP contribution in [0.5, 0.6) is 0 Å². The molecule has 0 bridgehead atoms. The summed E-state index contributed by atoms with van der Waals surface area (Å²) in [4.78, 5) is 8.63. The van der Waals surface area contributed by atoms with E-state index in [4.69, 9.17) is 30.5 Å². The SMILES string of the molecule is Nc1c(N)c2cccnc2c2ncccc12.[Cl][Pd][Cl]. The Labute approximate surface area is 126 Å². The summed E-state index contributed by atoms with van der Waals surface area (Å²) in [5, 5.41) is 1.71. The molecular weight excluding hydrogens is 377 g/mol. The van der Waals surface area contributed by atoms with Gasteiger partial charge in [-0.05, 0) is 24.3 Å². The van der Waals surface area contributed by atoms with Gasteiger partial charge in [-0.2, -0.15) is 0 Å². The first-order chi connectivity index (χ1) is 9.20. The number of halogens is 2. The topological polar surface area (TPSA) is 77.8 Å². The molecule has 2 aromatic heterocycles. The van der Waals surface area contributed by atoms with Crippen molar-refractivity contribution in [1.82, 2.24) is 9.97 Å². The molecule has 0 spiro atoms. The van der Waals surface area contributed by atoms with E-state index < -0.39 is 0 Å². The molecule has 0 atom stereocenters. The third kappa shape index (κ3) is 2.75. The Morgan fingerprint density at radius 3 is 1.58 bits per heavy atom. The molecule has 0 aliphatic heterocycles.